The Morgan fingerprint density at radius 2 is 1.92 bits per heavy atom. The van der Waals surface area contributed by atoms with Gasteiger partial charge in [-0.3, -0.25) is 4.90 Å². The van der Waals surface area contributed by atoms with Crippen LogP contribution in [0.25, 0.3) is 22.2 Å². The second-order valence-corrected chi connectivity index (χ2v) is 6.62. The van der Waals surface area contributed by atoms with Gasteiger partial charge in [-0.25, -0.2) is 4.98 Å². The molecule has 0 amide bonds. The Kier molecular flexibility index (Phi) is 4.08. The van der Waals surface area contributed by atoms with Gasteiger partial charge < -0.3 is 10.1 Å². The van der Waals surface area contributed by atoms with Crippen LogP contribution >= 0.6 is 0 Å². The van der Waals surface area contributed by atoms with Crippen LogP contribution in [0.1, 0.15) is 37.2 Å². The topological polar surface area (TPSA) is 52.2 Å². The number of imidazole rings is 1. The number of hydrogen-bond donors (Lipinski definition) is 2. The van der Waals surface area contributed by atoms with Crippen molar-refractivity contribution in [3.63, 3.8) is 0 Å². The Balaban J connectivity index is 1.67. The monoisotopic (exact) mass is 321 g/mol. The molecular formula is C20H23N3O. The van der Waals surface area contributed by atoms with E-state index in [9.17, 15) is 5.11 Å². The molecule has 0 aliphatic carbocycles. The van der Waals surface area contributed by atoms with Crippen molar-refractivity contribution in [3.8, 4) is 11.1 Å². The van der Waals surface area contributed by atoms with Crippen LogP contribution in [-0.2, 0) is 6.61 Å². The van der Waals surface area contributed by atoms with Crippen molar-refractivity contribution < 1.29 is 5.11 Å². The van der Waals surface area contributed by atoms with Gasteiger partial charge in [0.2, 0.25) is 0 Å². The lowest BCUT2D eigenvalue weighted by atomic mass is 9.99. The summed E-state index contributed by atoms with van der Waals surface area (Å²) in [5.74, 6) is 0.610. The molecular weight excluding hydrogens is 298 g/mol. The first-order valence-electron chi connectivity index (χ1n) is 8.68. The highest BCUT2D eigenvalue weighted by Gasteiger charge is 2.19. The zero-order chi connectivity index (χ0) is 16.5. The van der Waals surface area contributed by atoms with Crippen molar-refractivity contribution in [1.29, 1.82) is 0 Å². The average molecular weight is 321 g/mol. The molecule has 4 heteroatoms. The number of H-pyrrole nitrogens is 1. The summed E-state index contributed by atoms with van der Waals surface area (Å²) in [5, 5.41) is 9.23. The number of fused-ring (bicyclic) bond motifs is 1. The molecule has 2 aromatic carbocycles. The molecule has 0 spiro atoms. The van der Waals surface area contributed by atoms with E-state index in [2.05, 4.69) is 58.2 Å². The number of likely N-dealkylation sites (tertiary alicyclic amines) is 1. The highest BCUT2D eigenvalue weighted by atomic mass is 16.3. The number of rotatable bonds is 4. The summed E-state index contributed by atoms with van der Waals surface area (Å²) in [6.45, 7) is 4.65. The van der Waals surface area contributed by atoms with Crippen molar-refractivity contribution in [2.24, 2.45) is 0 Å². The Bertz CT molecular complexity index is 849. The van der Waals surface area contributed by atoms with Gasteiger partial charge in [0.1, 0.15) is 12.4 Å². The van der Waals surface area contributed by atoms with Gasteiger partial charge in [0, 0.05) is 6.04 Å². The lowest BCUT2D eigenvalue weighted by Crippen LogP contribution is -2.23. The van der Waals surface area contributed by atoms with E-state index in [0.717, 1.165) is 11.0 Å². The first-order valence-corrected chi connectivity index (χ1v) is 8.68. The third kappa shape index (κ3) is 2.83. The molecule has 1 saturated heterocycles. The van der Waals surface area contributed by atoms with Gasteiger partial charge in [0.15, 0.2) is 0 Å². The Labute approximate surface area is 142 Å². The quantitative estimate of drug-likeness (QED) is 0.767. The number of aliphatic hydroxyl groups excluding tert-OH is 1. The summed E-state index contributed by atoms with van der Waals surface area (Å²) < 4.78 is 0. The number of benzene rings is 2. The molecule has 0 radical (unpaired) electrons. The van der Waals surface area contributed by atoms with Crippen LogP contribution in [0.4, 0.5) is 0 Å². The molecule has 1 atom stereocenters. The third-order valence-corrected chi connectivity index (χ3v) is 5.07. The number of aliphatic hydroxyl groups is 1. The minimum absolute atomic E-state index is 0.0627. The largest absolute Gasteiger partial charge is 0.388 e. The molecule has 1 aliphatic heterocycles. The summed E-state index contributed by atoms with van der Waals surface area (Å²) in [6, 6.07) is 15.5. The smallest absolute Gasteiger partial charge is 0.133 e. The molecule has 1 aromatic heterocycles. The molecule has 2 heterocycles. The van der Waals surface area contributed by atoms with Crippen LogP contribution in [0.5, 0.6) is 0 Å². The van der Waals surface area contributed by atoms with E-state index in [1.165, 1.54) is 42.6 Å². The summed E-state index contributed by atoms with van der Waals surface area (Å²) in [6.07, 6.45) is 2.63. The van der Waals surface area contributed by atoms with Crippen LogP contribution < -0.4 is 0 Å². The lowest BCUT2D eigenvalue weighted by molar-refractivity contribution is 0.263. The maximum atomic E-state index is 9.23. The van der Waals surface area contributed by atoms with E-state index in [0.29, 0.717) is 11.9 Å². The van der Waals surface area contributed by atoms with Crippen LogP contribution in [0.2, 0.25) is 0 Å². The molecule has 1 aliphatic rings. The highest BCUT2D eigenvalue weighted by molar-refractivity contribution is 5.82. The molecule has 0 saturated carbocycles. The Morgan fingerprint density at radius 1 is 1.12 bits per heavy atom. The van der Waals surface area contributed by atoms with Gasteiger partial charge in [0.05, 0.1) is 11.0 Å². The number of aromatic nitrogens is 2. The SMILES string of the molecule is CC(c1cccc(-c2ccc3nc(CO)[nH]c3c2)c1)N1CCCC1. The second kappa shape index (κ2) is 6.38. The predicted molar refractivity (Wildman–Crippen MR) is 96.7 cm³/mol. The van der Waals surface area contributed by atoms with E-state index in [1.54, 1.807) is 0 Å². The Hall–Kier alpha value is -2.17. The number of aromatic amines is 1. The molecule has 1 fully saturated rings. The van der Waals surface area contributed by atoms with Gasteiger partial charge in [0.25, 0.3) is 0 Å². The van der Waals surface area contributed by atoms with Gasteiger partial charge in [-0.2, -0.15) is 0 Å². The van der Waals surface area contributed by atoms with Crippen LogP contribution in [0.3, 0.4) is 0 Å². The van der Waals surface area contributed by atoms with E-state index in [-0.39, 0.29) is 6.61 Å². The molecule has 2 N–H and O–H groups in total. The fraction of sp³-hybridized carbons (Fsp3) is 0.350. The third-order valence-electron chi connectivity index (χ3n) is 5.07. The van der Waals surface area contributed by atoms with Gasteiger partial charge in [-0.15, -0.1) is 0 Å². The standard InChI is InChI=1S/C20H23N3O/c1-14(23-9-2-3-10-23)15-5-4-6-16(11-15)17-7-8-18-19(12-17)22-20(13-24)21-18/h4-8,11-12,14,24H,2-3,9-10,13H2,1H3,(H,21,22). The van der Waals surface area contributed by atoms with Crippen molar-refractivity contribution in [1.82, 2.24) is 14.9 Å². The number of nitrogens with zero attached hydrogens (tertiary/aromatic N) is 2. The van der Waals surface area contributed by atoms with Crippen LogP contribution in [-0.4, -0.2) is 33.1 Å². The van der Waals surface area contributed by atoms with Crippen LogP contribution in [0.15, 0.2) is 42.5 Å². The van der Waals surface area contributed by atoms with Crippen molar-refractivity contribution in [2.45, 2.75) is 32.4 Å². The highest BCUT2D eigenvalue weighted by Crippen LogP contribution is 2.29. The van der Waals surface area contributed by atoms with E-state index in [1.807, 2.05) is 6.07 Å². The predicted octanol–water partition coefficient (Wildman–Crippen LogP) is 3.88. The summed E-state index contributed by atoms with van der Waals surface area (Å²) in [5.41, 5.74) is 5.63. The second-order valence-electron chi connectivity index (χ2n) is 6.62. The summed E-state index contributed by atoms with van der Waals surface area (Å²) in [7, 11) is 0. The Morgan fingerprint density at radius 3 is 2.71 bits per heavy atom. The zero-order valence-corrected chi connectivity index (χ0v) is 14.0. The van der Waals surface area contributed by atoms with Gasteiger partial charge >= 0.3 is 0 Å². The number of hydrogen-bond acceptors (Lipinski definition) is 3. The minimum atomic E-state index is -0.0627. The molecule has 4 nitrogen and oxygen atoms in total. The first-order chi connectivity index (χ1) is 11.7. The fourth-order valence-corrected chi connectivity index (χ4v) is 3.63. The maximum absolute atomic E-state index is 9.23. The molecule has 1 unspecified atom stereocenters. The van der Waals surface area contributed by atoms with Crippen molar-refractivity contribution >= 4 is 11.0 Å². The van der Waals surface area contributed by atoms with Gasteiger partial charge in [-0.1, -0.05) is 24.3 Å². The minimum Gasteiger partial charge on any atom is -0.388 e. The van der Waals surface area contributed by atoms with Crippen LogP contribution in [0, 0.1) is 0 Å². The maximum Gasteiger partial charge on any atom is 0.133 e. The normalized spacial score (nSPS) is 16.8. The van der Waals surface area contributed by atoms with Crippen molar-refractivity contribution in [3.05, 3.63) is 53.9 Å². The van der Waals surface area contributed by atoms with Crippen molar-refractivity contribution in [2.75, 3.05) is 13.1 Å². The number of nitrogens with one attached hydrogen (secondary N) is 1. The zero-order valence-electron chi connectivity index (χ0n) is 14.0. The molecule has 3 aromatic rings. The van der Waals surface area contributed by atoms with E-state index in [4.69, 9.17) is 0 Å². The average Bonchev–Trinajstić information content (AvgIpc) is 3.29. The fourth-order valence-electron chi connectivity index (χ4n) is 3.63. The first kappa shape index (κ1) is 15.4. The van der Waals surface area contributed by atoms with E-state index < -0.39 is 0 Å². The molecule has 0 bridgehead atoms. The summed E-state index contributed by atoms with van der Waals surface area (Å²) in [4.78, 5) is 10.1. The molecule has 24 heavy (non-hydrogen) atoms. The molecule has 124 valence electrons. The lowest BCUT2D eigenvalue weighted by Gasteiger charge is -2.24. The molecule has 4 rings (SSSR count). The van der Waals surface area contributed by atoms with Gasteiger partial charge in [-0.05, 0) is 67.7 Å². The van der Waals surface area contributed by atoms with E-state index >= 15 is 0 Å². The summed E-state index contributed by atoms with van der Waals surface area (Å²) >= 11 is 0.